The van der Waals surface area contributed by atoms with Crippen LogP contribution in [-0.4, -0.2) is 41.9 Å². The fraction of sp³-hybridized carbons (Fsp3) is 0.256. The van der Waals surface area contributed by atoms with Gasteiger partial charge in [-0.1, -0.05) is 97.4 Å². The van der Waals surface area contributed by atoms with Crippen molar-refractivity contribution >= 4 is 22.8 Å². The van der Waals surface area contributed by atoms with Crippen molar-refractivity contribution in [2.45, 2.75) is 43.7 Å². The van der Waals surface area contributed by atoms with Gasteiger partial charge in [-0.05, 0) is 60.3 Å². The number of nitrogens with one attached hydrogen (secondary N) is 1. The summed E-state index contributed by atoms with van der Waals surface area (Å²) < 4.78 is 32.3. The van der Waals surface area contributed by atoms with Crippen LogP contribution in [0.1, 0.15) is 48.8 Å². The van der Waals surface area contributed by atoms with E-state index < -0.39 is 35.1 Å². The highest BCUT2D eigenvalue weighted by atomic mass is 19.1. The maximum atomic E-state index is 15.5. The van der Waals surface area contributed by atoms with Gasteiger partial charge in [0.2, 0.25) is 0 Å². The van der Waals surface area contributed by atoms with Crippen LogP contribution in [0.5, 0.6) is 0 Å². The second kappa shape index (κ2) is 12.5. The molecule has 0 aliphatic heterocycles. The number of halogens is 2. The molecule has 3 aromatic heterocycles. The molecular weight excluding hydrogens is 622 g/mol. The van der Waals surface area contributed by atoms with Crippen LogP contribution in [0.2, 0.25) is 0 Å². The smallest absolute Gasteiger partial charge is 0.308 e. The summed E-state index contributed by atoms with van der Waals surface area (Å²) in [6.45, 7) is 0. The van der Waals surface area contributed by atoms with Gasteiger partial charge in [0.15, 0.2) is 23.1 Å². The summed E-state index contributed by atoms with van der Waals surface area (Å²) in [6, 6.07) is 30.6. The van der Waals surface area contributed by atoms with Crippen LogP contribution in [-0.2, 0) is 10.3 Å². The van der Waals surface area contributed by atoms with Crippen LogP contribution >= 0.6 is 0 Å². The molecule has 0 saturated heterocycles. The maximum absolute atomic E-state index is 15.5. The molecule has 4 unspecified atom stereocenters. The minimum Gasteiger partial charge on any atom is -0.481 e. The Balaban J connectivity index is 1.34. The van der Waals surface area contributed by atoms with Gasteiger partial charge in [0.05, 0.1) is 23.7 Å². The van der Waals surface area contributed by atoms with Gasteiger partial charge in [0.1, 0.15) is 17.1 Å². The monoisotopic (exact) mass is 656 g/mol. The van der Waals surface area contributed by atoms with Crippen LogP contribution in [0.4, 0.5) is 14.6 Å². The van der Waals surface area contributed by atoms with E-state index in [9.17, 15) is 9.90 Å². The highest BCUT2D eigenvalue weighted by Gasteiger charge is 2.46. The number of carboxylic acids is 1. The van der Waals surface area contributed by atoms with Gasteiger partial charge in [-0.25, -0.2) is 28.4 Å². The van der Waals surface area contributed by atoms with Crippen LogP contribution in [0.15, 0.2) is 109 Å². The number of carbonyl (C=O) groups is 1. The molecule has 4 atom stereocenters. The lowest BCUT2D eigenvalue weighted by Gasteiger charge is -2.38. The van der Waals surface area contributed by atoms with Gasteiger partial charge in [-0.15, -0.1) is 0 Å². The zero-order chi connectivity index (χ0) is 33.5. The maximum Gasteiger partial charge on any atom is 0.308 e. The van der Waals surface area contributed by atoms with Crippen LogP contribution in [0.25, 0.3) is 22.6 Å². The molecule has 0 radical (unpaired) electrons. The van der Waals surface area contributed by atoms with Crippen molar-refractivity contribution in [1.29, 1.82) is 0 Å². The van der Waals surface area contributed by atoms with Gasteiger partial charge in [-0.3, -0.25) is 4.79 Å². The van der Waals surface area contributed by atoms with Crippen molar-refractivity contribution in [3.8, 4) is 11.5 Å². The molecule has 3 saturated carbocycles. The van der Waals surface area contributed by atoms with Crippen molar-refractivity contribution in [3.05, 3.63) is 138 Å². The summed E-state index contributed by atoms with van der Waals surface area (Å²) in [5, 5.41) is 18.9. The molecule has 3 aliphatic rings. The van der Waals surface area contributed by atoms with Crippen LogP contribution < -0.4 is 5.32 Å². The van der Waals surface area contributed by atoms with Gasteiger partial charge >= 0.3 is 5.97 Å². The van der Waals surface area contributed by atoms with Crippen molar-refractivity contribution in [1.82, 2.24) is 24.7 Å². The van der Waals surface area contributed by atoms with Gasteiger partial charge in [0, 0.05) is 6.04 Å². The van der Waals surface area contributed by atoms with E-state index in [1.54, 1.807) is 4.68 Å². The fourth-order valence-corrected chi connectivity index (χ4v) is 8.25. The minimum atomic E-state index is -1.07. The van der Waals surface area contributed by atoms with E-state index in [4.69, 9.17) is 5.10 Å². The van der Waals surface area contributed by atoms with Gasteiger partial charge in [0.25, 0.3) is 0 Å². The van der Waals surface area contributed by atoms with E-state index in [0.29, 0.717) is 11.0 Å². The molecule has 3 aromatic carbocycles. The molecule has 49 heavy (non-hydrogen) atoms. The molecule has 9 rings (SSSR count). The molecule has 0 spiro atoms. The average molecular weight is 657 g/mol. The predicted molar refractivity (Wildman–Crippen MR) is 182 cm³/mol. The summed E-state index contributed by atoms with van der Waals surface area (Å²) >= 11 is 0. The Morgan fingerprint density at radius 2 is 1.39 bits per heavy atom. The lowest BCUT2D eigenvalue weighted by Crippen LogP contribution is -2.46. The van der Waals surface area contributed by atoms with E-state index in [0.717, 1.165) is 61.2 Å². The van der Waals surface area contributed by atoms with Gasteiger partial charge in [-0.2, -0.15) is 5.10 Å². The quantitative estimate of drug-likeness (QED) is 0.162. The first-order chi connectivity index (χ1) is 23.9. The zero-order valence-corrected chi connectivity index (χ0v) is 26.6. The Morgan fingerprint density at radius 3 is 2.00 bits per heavy atom. The number of nitrogens with zero attached hydrogens (tertiary/aromatic N) is 5. The third kappa shape index (κ3) is 5.22. The number of benzene rings is 3. The Hall–Kier alpha value is -5.51. The lowest BCUT2D eigenvalue weighted by atomic mass is 9.71. The highest BCUT2D eigenvalue weighted by Crippen LogP contribution is 2.46. The SMILES string of the molecule is O=C(O)C1C2CCCC(CC2)C1Nc1nc(-c2nn(C(c3ccccc3)(c3ccccc3)c3ccccc3)c3ncc(F)cc23)ncc1F. The highest BCUT2D eigenvalue weighted by molar-refractivity contribution is 5.90. The molecule has 8 nitrogen and oxygen atoms in total. The van der Waals surface area contributed by atoms with E-state index in [-0.39, 0.29) is 29.2 Å². The minimum absolute atomic E-state index is 0.0221. The summed E-state index contributed by atoms with van der Waals surface area (Å²) in [7, 11) is 0. The molecule has 0 amide bonds. The average Bonchev–Trinajstić information content (AvgIpc) is 3.24. The second-order valence-electron chi connectivity index (χ2n) is 13.0. The topological polar surface area (TPSA) is 106 Å². The standard InChI is InChI=1S/C39H34F2N6O2/c40-29-21-30-34(36-42-23-31(41)35(45-36)44-33-25-12-10-11-24(19-20-25)32(33)38(48)49)46-47(37(30)43-22-29)39(26-13-4-1-5-14-26,27-15-6-2-7-16-27)28-17-8-3-9-18-28/h1-9,13-18,21-25,32-33H,10-12,19-20H2,(H,48,49)(H,42,44,45). The Kier molecular flexibility index (Phi) is 7.86. The first-order valence-corrected chi connectivity index (χ1v) is 16.7. The zero-order valence-electron chi connectivity index (χ0n) is 26.6. The Morgan fingerprint density at radius 1 is 0.796 bits per heavy atom. The van der Waals surface area contributed by atoms with E-state index in [2.05, 4.69) is 20.3 Å². The molecular formula is C39H34F2N6O2. The number of rotatable bonds is 8. The molecule has 3 fully saturated rings. The summed E-state index contributed by atoms with van der Waals surface area (Å²) in [6.07, 6.45) is 6.61. The number of aromatic nitrogens is 5. The molecule has 246 valence electrons. The van der Waals surface area contributed by atoms with Crippen molar-refractivity contribution in [2.24, 2.45) is 17.8 Å². The Bertz CT molecular complexity index is 2030. The number of hydrogen-bond donors (Lipinski definition) is 2. The normalized spacial score (nSPS) is 20.6. The molecule has 2 bridgehead atoms. The molecule has 2 N–H and O–H groups in total. The number of aliphatic carboxylic acids is 1. The number of carboxylic acid groups (broad SMARTS) is 1. The lowest BCUT2D eigenvalue weighted by molar-refractivity contribution is -0.145. The van der Waals surface area contributed by atoms with E-state index in [1.807, 2.05) is 91.0 Å². The first-order valence-electron chi connectivity index (χ1n) is 16.7. The second-order valence-corrected chi connectivity index (χ2v) is 13.0. The number of pyridine rings is 1. The molecule has 10 heteroatoms. The summed E-state index contributed by atoms with van der Waals surface area (Å²) in [5.74, 6) is -2.73. The van der Waals surface area contributed by atoms with Crippen LogP contribution in [0, 0.1) is 29.4 Å². The van der Waals surface area contributed by atoms with E-state index in [1.165, 1.54) is 6.07 Å². The predicted octanol–water partition coefficient (Wildman–Crippen LogP) is 7.70. The largest absolute Gasteiger partial charge is 0.481 e. The van der Waals surface area contributed by atoms with Crippen molar-refractivity contribution < 1.29 is 18.7 Å². The van der Waals surface area contributed by atoms with Crippen molar-refractivity contribution in [3.63, 3.8) is 0 Å². The summed E-state index contributed by atoms with van der Waals surface area (Å²) in [4.78, 5) is 26.0. The fourth-order valence-electron chi connectivity index (χ4n) is 8.25. The van der Waals surface area contributed by atoms with Crippen LogP contribution in [0.3, 0.4) is 0 Å². The molecule has 3 heterocycles. The number of fused-ring (bicyclic) bond motifs is 5. The Labute approximate surface area is 281 Å². The number of hydrogen-bond acceptors (Lipinski definition) is 6. The summed E-state index contributed by atoms with van der Waals surface area (Å²) in [5.41, 5.74) is 2.19. The van der Waals surface area contributed by atoms with E-state index >= 15 is 8.78 Å². The number of anilines is 1. The molecule has 3 aliphatic carbocycles. The third-order valence-electron chi connectivity index (χ3n) is 10.4. The first kappa shape index (κ1) is 30.8. The third-order valence-corrected chi connectivity index (χ3v) is 10.4. The molecule has 6 aromatic rings. The van der Waals surface area contributed by atoms with Crippen molar-refractivity contribution in [2.75, 3.05) is 5.32 Å². The van der Waals surface area contributed by atoms with Gasteiger partial charge < -0.3 is 10.4 Å².